The van der Waals surface area contributed by atoms with Gasteiger partial charge in [0, 0.05) is 53.9 Å². The molecule has 7 heteroatoms. The Bertz CT molecular complexity index is 1380. The van der Waals surface area contributed by atoms with Crippen LogP contribution in [0.2, 0.25) is 0 Å². The second-order valence-corrected chi connectivity index (χ2v) is 13.1. The summed E-state index contributed by atoms with van der Waals surface area (Å²) in [5.41, 5.74) is 4.84. The van der Waals surface area contributed by atoms with E-state index in [1.807, 2.05) is 42.3 Å². The van der Waals surface area contributed by atoms with E-state index < -0.39 is 0 Å². The zero-order chi connectivity index (χ0) is 27.3. The molecule has 0 atom stereocenters. The van der Waals surface area contributed by atoms with Crippen LogP contribution in [0.5, 0.6) is 0 Å². The number of aryl methyl sites for hydroxylation is 1. The van der Waals surface area contributed by atoms with E-state index in [9.17, 15) is 9.59 Å². The van der Waals surface area contributed by atoms with Gasteiger partial charge >= 0.3 is 6.03 Å². The number of nitrogens with zero attached hydrogens (tertiary/aromatic N) is 2. The van der Waals surface area contributed by atoms with Crippen LogP contribution in [-0.2, 0) is 6.42 Å². The molecule has 0 radical (unpaired) electrons. The summed E-state index contributed by atoms with van der Waals surface area (Å²) in [6, 6.07) is 12.2. The number of aromatic nitrogens is 2. The van der Waals surface area contributed by atoms with Crippen LogP contribution in [-0.4, -0.2) is 52.0 Å². The van der Waals surface area contributed by atoms with Crippen molar-refractivity contribution in [2.75, 3.05) is 19.6 Å². The normalized spacial score (nSPS) is 27.7. The number of rotatable bonds is 6. The smallest absolute Gasteiger partial charge is 0.317 e. The fourth-order valence-electron chi connectivity index (χ4n) is 8.75. The molecule has 2 aromatic heterocycles. The second-order valence-electron chi connectivity index (χ2n) is 13.1. The second kappa shape index (κ2) is 10.2. The highest BCUT2D eigenvalue weighted by Gasteiger charge is 2.52. The fraction of sp³-hybridized carbons (Fsp3) is 0.545. The first-order valence-corrected chi connectivity index (χ1v) is 15.3. The van der Waals surface area contributed by atoms with E-state index >= 15 is 0 Å². The van der Waals surface area contributed by atoms with Crippen molar-refractivity contribution in [1.82, 2.24) is 25.5 Å². The predicted octanol–water partition coefficient (Wildman–Crippen LogP) is 5.70. The summed E-state index contributed by atoms with van der Waals surface area (Å²) in [6.07, 6.45) is 12.1. The Morgan fingerprint density at radius 2 is 1.70 bits per heavy atom. The first-order valence-electron chi connectivity index (χ1n) is 15.3. The molecule has 1 aliphatic heterocycles. The Morgan fingerprint density at radius 1 is 1.00 bits per heavy atom. The minimum absolute atomic E-state index is 0.0404. The predicted molar refractivity (Wildman–Crippen MR) is 156 cm³/mol. The van der Waals surface area contributed by atoms with Crippen molar-refractivity contribution in [3.8, 4) is 0 Å². The number of benzene rings is 1. The average molecular weight is 540 g/mol. The summed E-state index contributed by atoms with van der Waals surface area (Å²) in [6.45, 7) is 3.97. The van der Waals surface area contributed by atoms with Crippen LogP contribution in [0.15, 0.2) is 42.6 Å². The van der Waals surface area contributed by atoms with E-state index in [0.29, 0.717) is 25.2 Å². The Morgan fingerprint density at radius 3 is 2.42 bits per heavy atom. The van der Waals surface area contributed by atoms with E-state index in [-0.39, 0.29) is 23.4 Å². The number of pyridine rings is 1. The van der Waals surface area contributed by atoms with Gasteiger partial charge in [-0.2, -0.15) is 0 Å². The molecule has 210 valence electrons. The first-order chi connectivity index (χ1) is 19.4. The molecule has 3 N–H and O–H groups in total. The summed E-state index contributed by atoms with van der Waals surface area (Å²) in [5.74, 6) is 2.56. The van der Waals surface area contributed by atoms with Crippen LogP contribution in [0.1, 0.15) is 84.6 Å². The topological polar surface area (TPSA) is 90.1 Å². The molecule has 4 saturated carbocycles. The number of likely N-dealkylation sites (tertiary alicyclic amines) is 1. The Balaban J connectivity index is 0.967. The number of hydrogen-bond donors (Lipinski definition) is 3. The number of piperidine rings is 1. The fourth-order valence-corrected chi connectivity index (χ4v) is 8.75. The van der Waals surface area contributed by atoms with Crippen molar-refractivity contribution in [2.45, 2.75) is 76.2 Å². The minimum Gasteiger partial charge on any atom is -0.361 e. The summed E-state index contributed by atoms with van der Waals surface area (Å²) < 4.78 is 0. The molecule has 1 aromatic carbocycles. The minimum atomic E-state index is -0.0654. The van der Waals surface area contributed by atoms with E-state index in [1.54, 1.807) is 0 Å². The maximum absolute atomic E-state index is 13.4. The van der Waals surface area contributed by atoms with Crippen molar-refractivity contribution in [3.63, 3.8) is 0 Å². The summed E-state index contributed by atoms with van der Waals surface area (Å²) in [5, 5.41) is 7.87. The summed E-state index contributed by atoms with van der Waals surface area (Å²) in [7, 11) is 0. The third-order valence-corrected chi connectivity index (χ3v) is 10.2. The van der Waals surface area contributed by atoms with Crippen LogP contribution >= 0.6 is 0 Å². The first kappa shape index (κ1) is 25.6. The van der Waals surface area contributed by atoms with Crippen LogP contribution in [0, 0.1) is 24.7 Å². The molecule has 5 aliphatic rings. The van der Waals surface area contributed by atoms with Gasteiger partial charge in [0.2, 0.25) is 0 Å². The molecule has 4 bridgehead atoms. The number of nitrogens with one attached hydrogen (secondary N) is 3. The SMILES string of the molecule is Cc1ccc(C(=O)NCCc2c[nH]c3ccccc23)c(C2CCN(C(=O)NC34CC5CC(CC(C5)C3)C4)CC2)n1. The van der Waals surface area contributed by atoms with Crippen LogP contribution in [0.4, 0.5) is 4.79 Å². The number of carbonyl (C=O) groups is 2. The van der Waals surface area contributed by atoms with Crippen molar-refractivity contribution >= 4 is 22.8 Å². The van der Waals surface area contributed by atoms with Gasteiger partial charge in [-0.1, -0.05) is 18.2 Å². The number of amides is 3. The molecule has 8 rings (SSSR count). The number of para-hydroxylation sites is 1. The molecule has 4 aliphatic carbocycles. The zero-order valence-corrected chi connectivity index (χ0v) is 23.5. The van der Waals surface area contributed by atoms with Crippen molar-refractivity contribution in [2.24, 2.45) is 17.8 Å². The number of aromatic amines is 1. The van der Waals surface area contributed by atoms with Gasteiger partial charge in [-0.05, 0) is 106 Å². The van der Waals surface area contributed by atoms with Gasteiger partial charge in [-0.3, -0.25) is 9.78 Å². The molecule has 3 heterocycles. The van der Waals surface area contributed by atoms with Gasteiger partial charge < -0.3 is 20.5 Å². The molecule has 3 amide bonds. The van der Waals surface area contributed by atoms with Gasteiger partial charge in [-0.15, -0.1) is 0 Å². The molecular formula is C33H41N5O2. The number of H-pyrrole nitrogens is 1. The molecule has 7 nitrogen and oxygen atoms in total. The largest absolute Gasteiger partial charge is 0.361 e. The Labute approximate surface area is 236 Å². The van der Waals surface area contributed by atoms with E-state index in [1.165, 1.54) is 49.5 Å². The van der Waals surface area contributed by atoms with Crippen LogP contribution in [0.3, 0.4) is 0 Å². The van der Waals surface area contributed by atoms with E-state index in [2.05, 4.69) is 27.8 Å². The monoisotopic (exact) mass is 539 g/mol. The number of fused-ring (bicyclic) bond motifs is 1. The standard InChI is InChI=1S/C33H41N5O2/c1-21-6-7-28(31(39)34-11-8-26-20-35-29-5-3-2-4-27(26)29)30(36-21)25-9-12-38(13-10-25)32(40)37-33-17-22-14-23(18-33)16-24(15-22)19-33/h2-7,20,22-25,35H,8-19H2,1H3,(H,34,39)(H,37,40). The van der Waals surface area contributed by atoms with Gasteiger partial charge in [0.25, 0.3) is 5.91 Å². The maximum atomic E-state index is 13.4. The molecular weight excluding hydrogens is 498 g/mol. The summed E-state index contributed by atoms with van der Waals surface area (Å²) in [4.78, 5) is 36.9. The maximum Gasteiger partial charge on any atom is 0.317 e. The van der Waals surface area contributed by atoms with Crippen molar-refractivity contribution in [1.29, 1.82) is 0 Å². The van der Waals surface area contributed by atoms with E-state index in [0.717, 1.165) is 53.9 Å². The summed E-state index contributed by atoms with van der Waals surface area (Å²) >= 11 is 0. The van der Waals surface area contributed by atoms with Gasteiger partial charge in [0.15, 0.2) is 0 Å². The molecule has 1 saturated heterocycles. The van der Waals surface area contributed by atoms with Crippen molar-refractivity contribution < 1.29 is 9.59 Å². The lowest BCUT2D eigenvalue weighted by molar-refractivity contribution is -0.0160. The lowest BCUT2D eigenvalue weighted by Gasteiger charge is -2.57. The molecule has 0 spiro atoms. The zero-order valence-electron chi connectivity index (χ0n) is 23.5. The van der Waals surface area contributed by atoms with Gasteiger partial charge in [0.1, 0.15) is 0 Å². The lowest BCUT2D eigenvalue weighted by Crippen LogP contribution is -2.62. The number of hydrogen-bond acceptors (Lipinski definition) is 3. The van der Waals surface area contributed by atoms with Gasteiger partial charge in [0.05, 0.1) is 11.3 Å². The highest BCUT2D eigenvalue weighted by atomic mass is 16.2. The van der Waals surface area contributed by atoms with E-state index in [4.69, 9.17) is 4.98 Å². The van der Waals surface area contributed by atoms with Gasteiger partial charge in [-0.25, -0.2) is 4.79 Å². The number of urea groups is 1. The third-order valence-electron chi connectivity index (χ3n) is 10.2. The lowest BCUT2D eigenvalue weighted by atomic mass is 9.53. The third kappa shape index (κ3) is 4.88. The van der Waals surface area contributed by atoms with Crippen LogP contribution < -0.4 is 10.6 Å². The molecule has 5 fully saturated rings. The highest BCUT2D eigenvalue weighted by molar-refractivity contribution is 5.95. The van der Waals surface area contributed by atoms with Crippen LogP contribution in [0.25, 0.3) is 10.9 Å². The Hall–Kier alpha value is -3.35. The van der Waals surface area contributed by atoms with Crippen molar-refractivity contribution in [3.05, 3.63) is 65.1 Å². The molecule has 0 unspecified atom stereocenters. The molecule has 3 aromatic rings. The Kier molecular flexibility index (Phi) is 6.56. The average Bonchev–Trinajstić information content (AvgIpc) is 3.35. The quantitative estimate of drug-likeness (QED) is 0.375. The highest BCUT2D eigenvalue weighted by Crippen LogP contribution is 2.55. The number of carbonyl (C=O) groups excluding carboxylic acids is 2. The molecule has 40 heavy (non-hydrogen) atoms.